The lowest BCUT2D eigenvalue weighted by molar-refractivity contribution is 0.163. The molecule has 0 saturated carbocycles. The van der Waals surface area contributed by atoms with Crippen molar-refractivity contribution in [2.24, 2.45) is 0 Å². The minimum absolute atomic E-state index is 0.0595. The van der Waals surface area contributed by atoms with E-state index in [0.717, 1.165) is 19.4 Å². The lowest BCUT2D eigenvalue weighted by Gasteiger charge is -2.32. The van der Waals surface area contributed by atoms with E-state index < -0.39 is 15.3 Å². The average molecular weight is 294 g/mol. The summed E-state index contributed by atoms with van der Waals surface area (Å²) >= 11 is 0. The van der Waals surface area contributed by atoms with Crippen molar-refractivity contribution < 1.29 is 13.2 Å². The highest BCUT2D eigenvalue weighted by atomic mass is 32.2. The van der Waals surface area contributed by atoms with Gasteiger partial charge in [-0.15, -0.1) is 0 Å². The summed E-state index contributed by atoms with van der Waals surface area (Å²) in [5, 5.41) is 2.69. The summed E-state index contributed by atoms with van der Waals surface area (Å²) in [6.07, 6.45) is 1.65. The molecule has 0 fully saturated rings. The molecule has 0 heterocycles. The van der Waals surface area contributed by atoms with Gasteiger partial charge in [-0.3, -0.25) is 0 Å². The number of sulfonamides is 1. The molecule has 0 spiro atoms. The van der Waals surface area contributed by atoms with Crippen molar-refractivity contribution in [3.63, 3.8) is 0 Å². The predicted molar refractivity (Wildman–Crippen MR) is 79.9 cm³/mol. The summed E-state index contributed by atoms with van der Waals surface area (Å²) in [6, 6.07) is 0.0595. The second-order valence-corrected chi connectivity index (χ2v) is 7.04. The van der Waals surface area contributed by atoms with E-state index in [1.54, 1.807) is 18.3 Å². The maximum absolute atomic E-state index is 12.6. The van der Waals surface area contributed by atoms with Crippen LogP contribution >= 0.6 is 0 Å². The van der Waals surface area contributed by atoms with Gasteiger partial charge in [0.05, 0.1) is 11.9 Å². The lowest BCUT2D eigenvalue weighted by atomic mass is 10.2. The lowest BCUT2D eigenvalue weighted by Crippen LogP contribution is -2.48. The van der Waals surface area contributed by atoms with E-state index in [2.05, 4.69) is 5.32 Å². The van der Waals surface area contributed by atoms with Gasteiger partial charge in [0.1, 0.15) is 0 Å². The number of methoxy groups -OCH3 is 1. The van der Waals surface area contributed by atoms with Crippen molar-refractivity contribution in [1.82, 2.24) is 9.62 Å². The number of nitrogens with zero attached hydrogens (tertiary/aromatic N) is 1. The third-order valence-corrected chi connectivity index (χ3v) is 5.70. The van der Waals surface area contributed by atoms with Crippen LogP contribution in [0.1, 0.15) is 40.5 Å². The highest BCUT2D eigenvalue weighted by Crippen LogP contribution is 2.17. The summed E-state index contributed by atoms with van der Waals surface area (Å²) in [5.41, 5.74) is 0. The molecule has 116 valence electrons. The van der Waals surface area contributed by atoms with E-state index in [0.29, 0.717) is 19.7 Å². The fourth-order valence-electron chi connectivity index (χ4n) is 2.08. The number of ether oxygens (including phenoxy) is 1. The molecular weight excluding hydrogens is 264 g/mol. The Morgan fingerprint density at radius 1 is 1.21 bits per heavy atom. The van der Waals surface area contributed by atoms with Crippen LogP contribution in [0.25, 0.3) is 0 Å². The number of hydrogen-bond donors (Lipinski definition) is 1. The molecule has 0 aliphatic carbocycles. The van der Waals surface area contributed by atoms with Crippen LogP contribution in [0, 0.1) is 0 Å². The third kappa shape index (κ3) is 5.77. The standard InChI is InChI=1S/C13H30N2O3S/c1-6-13(7-2)15(9-10-18-5)19(16,17)12(4)11-14-8-3/h12-14H,6-11H2,1-5H3. The van der Waals surface area contributed by atoms with Crippen molar-refractivity contribution in [2.45, 2.75) is 51.8 Å². The number of nitrogens with one attached hydrogen (secondary N) is 1. The quantitative estimate of drug-likeness (QED) is 0.626. The van der Waals surface area contributed by atoms with Crippen LogP contribution in [-0.2, 0) is 14.8 Å². The summed E-state index contributed by atoms with van der Waals surface area (Å²) in [6.45, 7) is 9.93. The van der Waals surface area contributed by atoms with Gasteiger partial charge >= 0.3 is 0 Å². The fourth-order valence-corrected chi connectivity index (χ4v) is 3.91. The molecule has 0 radical (unpaired) electrons. The Bertz CT molecular complexity index is 316. The Hall–Kier alpha value is -0.170. The van der Waals surface area contributed by atoms with Gasteiger partial charge in [-0.2, -0.15) is 4.31 Å². The highest BCUT2D eigenvalue weighted by molar-refractivity contribution is 7.89. The molecule has 5 nitrogen and oxygen atoms in total. The highest BCUT2D eigenvalue weighted by Gasteiger charge is 2.32. The zero-order chi connectivity index (χ0) is 14.9. The van der Waals surface area contributed by atoms with Crippen molar-refractivity contribution >= 4 is 10.0 Å². The maximum atomic E-state index is 12.6. The van der Waals surface area contributed by atoms with Crippen molar-refractivity contribution in [1.29, 1.82) is 0 Å². The maximum Gasteiger partial charge on any atom is 0.218 e. The summed E-state index contributed by atoms with van der Waals surface area (Å²) in [7, 11) is -1.68. The molecule has 0 aliphatic rings. The molecule has 6 heteroatoms. The third-order valence-electron chi connectivity index (χ3n) is 3.38. The minimum atomic E-state index is -3.28. The molecule has 0 aliphatic heterocycles. The van der Waals surface area contributed by atoms with Crippen LogP contribution in [0.15, 0.2) is 0 Å². The smallest absolute Gasteiger partial charge is 0.218 e. The average Bonchev–Trinajstić information content (AvgIpc) is 2.40. The molecule has 0 rings (SSSR count). The van der Waals surface area contributed by atoms with Gasteiger partial charge in [0.2, 0.25) is 10.0 Å². The normalized spacial score (nSPS) is 14.3. The van der Waals surface area contributed by atoms with E-state index >= 15 is 0 Å². The van der Waals surface area contributed by atoms with Crippen LogP contribution in [-0.4, -0.2) is 57.4 Å². The van der Waals surface area contributed by atoms with Gasteiger partial charge in [-0.25, -0.2) is 8.42 Å². The van der Waals surface area contributed by atoms with E-state index in [-0.39, 0.29) is 6.04 Å². The van der Waals surface area contributed by atoms with Gasteiger partial charge < -0.3 is 10.1 Å². The van der Waals surface area contributed by atoms with Crippen molar-refractivity contribution in [2.75, 3.05) is 33.4 Å². The summed E-state index contributed by atoms with van der Waals surface area (Å²) < 4.78 is 31.9. The van der Waals surface area contributed by atoms with Crippen molar-refractivity contribution in [3.05, 3.63) is 0 Å². The monoisotopic (exact) mass is 294 g/mol. The zero-order valence-corrected chi connectivity index (χ0v) is 13.8. The first kappa shape index (κ1) is 18.8. The molecule has 1 atom stereocenters. The van der Waals surface area contributed by atoms with Crippen molar-refractivity contribution in [3.8, 4) is 0 Å². The first-order chi connectivity index (χ1) is 8.95. The summed E-state index contributed by atoms with van der Waals surface area (Å²) in [5.74, 6) is 0. The Kier molecular flexibility index (Phi) is 9.60. The van der Waals surface area contributed by atoms with E-state index in [4.69, 9.17) is 4.74 Å². The van der Waals surface area contributed by atoms with Crippen LogP contribution in [0.2, 0.25) is 0 Å². The Morgan fingerprint density at radius 3 is 2.21 bits per heavy atom. The molecule has 0 bridgehead atoms. The molecule has 19 heavy (non-hydrogen) atoms. The molecule has 0 aromatic carbocycles. The molecule has 0 saturated heterocycles. The van der Waals surface area contributed by atoms with Gasteiger partial charge in [0.15, 0.2) is 0 Å². The van der Waals surface area contributed by atoms with E-state index in [1.165, 1.54) is 0 Å². The Balaban J connectivity index is 4.98. The topological polar surface area (TPSA) is 58.6 Å². The Labute approximate surface area is 118 Å². The van der Waals surface area contributed by atoms with E-state index in [9.17, 15) is 8.42 Å². The second-order valence-electron chi connectivity index (χ2n) is 4.74. The van der Waals surface area contributed by atoms with Crippen LogP contribution in [0.4, 0.5) is 0 Å². The molecule has 0 aromatic heterocycles. The molecule has 1 N–H and O–H groups in total. The van der Waals surface area contributed by atoms with Crippen LogP contribution in [0.3, 0.4) is 0 Å². The second kappa shape index (κ2) is 9.69. The molecule has 0 amide bonds. The van der Waals surface area contributed by atoms with Gasteiger partial charge in [0, 0.05) is 26.2 Å². The SMILES string of the molecule is CCNCC(C)S(=O)(=O)N(CCOC)C(CC)CC. The minimum Gasteiger partial charge on any atom is -0.383 e. The van der Waals surface area contributed by atoms with Crippen LogP contribution in [0.5, 0.6) is 0 Å². The first-order valence-electron chi connectivity index (χ1n) is 7.15. The molecule has 0 aromatic rings. The van der Waals surface area contributed by atoms with Crippen LogP contribution < -0.4 is 5.32 Å². The predicted octanol–water partition coefficient (Wildman–Crippen LogP) is 1.45. The van der Waals surface area contributed by atoms with E-state index in [1.807, 2.05) is 20.8 Å². The zero-order valence-electron chi connectivity index (χ0n) is 13.0. The first-order valence-corrected chi connectivity index (χ1v) is 8.66. The molecule has 1 unspecified atom stereocenters. The fraction of sp³-hybridized carbons (Fsp3) is 1.00. The summed E-state index contributed by atoms with van der Waals surface area (Å²) in [4.78, 5) is 0. The Morgan fingerprint density at radius 2 is 1.79 bits per heavy atom. The number of hydrogen-bond acceptors (Lipinski definition) is 4. The van der Waals surface area contributed by atoms with Gasteiger partial charge in [0.25, 0.3) is 0 Å². The van der Waals surface area contributed by atoms with Gasteiger partial charge in [-0.1, -0.05) is 20.8 Å². The largest absolute Gasteiger partial charge is 0.383 e. The van der Waals surface area contributed by atoms with Gasteiger partial charge in [-0.05, 0) is 26.3 Å². The molecular formula is C13H30N2O3S. The number of rotatable bonds is 11.